The summed E-state index contributed by atoms with van der Waals surface area (Å²) in [4.78, 5) is 4.34. The first kappa shape index (κ1) is 13.6. The molecule has 0 amide bonds. The molecule has 0 saturated heterocycles. The Morgan fingerprint density at radius 1 is 1.14 bits per heavy atom. The van der Waals surface area contributed by atoms with E-state index in [-0.39, 0.29) is 0 Å². The van der Waals surface area contributed by atoms with Gasteiger partial charge in [0.1, 0.15) is 10.8 Å². The predicted molar refractivity (Wildman–Crippen MR) is 87.9 cm³/mol. The largest absolute Gasteiger partial charge is 0.497 e. The molecule has 1 N–H and O–H groups in total. The molecule has 0 unspecified atom stereocenters. The number of methoxy groups -OCH3 is 1. The fourth-order valence-electron chi connectivity index (χ4n) is 2.11. The minimum absolute atomic E-state index is 0.762. The maximum Gasteiger partial charge on any atom is 0.123 e. The highest BCUT2D eigenvalue weighted by molar-refractivity contribution is 7.13. The minimum Gasteiger partial charge on any atom is -0.497 e. The Morgan fingerprint density at radius 3 is 2.86 bits per heavy atom. The smallest absolute Gasteiger partial charge is 0.123 e. The number of hydrogen-bond acceptors (Lipinski definition) is 4. The van der Waals surface area contributed by atoms with Gasteiger partial charge in [0.15, 0.2) is 0 Å². The molecule has 1 heterocycles. The highest BCUT2D eigenvalue weighted by Crippen LogP contribution is 2.24. The van der Waals surface area contributed by atoms with Crippen LogP contribution in [0.25, 0.3) is 10.6 Å². The topological polar surface area (TPSA) is 34.1 Å². The highest BCUT2D eigenvalue weighted by atomic mass is 32.1. The Bertz CT molecular complexity index is 710. The molecule has 106 valence electrons. The van der Waals surface area contributed by atoms with E-state index >= 15 is 0 Å². The molecule has 0 fully saturated rings. The average molecular weight is 296 g/mol. The Balaban J connectivity index is 1.72. The number of nitrogens with one attached hydrogen (secondary N) is 1. The van der Waals surface area contributed by atoms with E-state index in [1.165, 1.54) is 5.56 Å². The van der Waals surface area contributed by atoms with Gasteiger partial charge in [0, 0.05) is 29.4 Å². The molecule has 21 heavy (non-hydrogen) atoms. The van der Waals surface area contributed by atoms with Crippen LogP contribution in [0, 0.1) is 0 Å². The standard InChI is InChI=1S/C17H16N2OS/c1-20-16-7-2-4-13(10-16)12-19-15-6-3-5-14(11-15)17-18-8-9-21-17/h2-11,19H,12H2,1H3. The second kappa shape index (κ2) is 6.41. The van der Waals surface area contributed by atoms with E-state index in [0.717, 1.165) is 28.6 Å². The summed E-state index contributed by atoms with van der Waals surface area (Å²) >= 11 is 1.65. The van der Waals surface area contributed by atoms with Gasteiger partial charge in [0.2, 0.25) is 0 Å². The molecule has 4 heteroatoms. The summed E-state index contributed by atoms with van der Waals surface area (Å²) in [6.07, 6.45) is 1.83. The van der Waals surface area contributed by atoms with Crippen LogP contribution in [0.2, 0.25) is 0 Å². The predicted octanol–water partition coefficient (Wildman–Crippen LogP) is 4.43. The van der Waals surface area contributed by atoms with Gasteiger partial charge in [-0.3, -0.25) is 0 Å². The third-order valence-corrected chi connectivity index (χ3v) is 3.99. The number of aromatic nitrogens is 1. The van der Waals surface area contributed by atoms with Gasteiger partial charge in [0.05, 0.1) is 7.11 Å². The van der Waals surface area contributed by atoms with Gasteiger partial charge in [-0.2, -0.15) is 0 Å². The van der Waals surface area contributed by atoms with Crippen molar-refractivity contribution in [2.24, 2.45) is 0 Å². The third kappa shape index (κ3) is 3.41. The van der Waals surface area contributed by atoms with E-state index in [4.69, 9.17) is 4.74 Å². The lowest BCUT2D eigenvalue weighted by molar-refractivity contribution is 0.414. The van der Waals surface area contributed by atoms with Crippen LogP contribution in [0.4, 0.5) is 5.69 Å². The van der Waals surface area contributed by atoms with Crippen molar-refractivity contribution in [1.82, 2.24) is 4.98 Å². The zero-order valence-corrected chi connectivity index (χ0v) is 12.6. The molecule has 0 saturated carbocycles. The normalized spacial score (nSPS) is 10.3. The van der Waals surface area contributed by atoms with Gasteiger partial charge in [-0.15, -0.1) is 11.3 Å². The molecule has 3 nitrogen and oxygen atoms in total. The van der Waals surface area contributed by atoms with E-state index in [0.29, 0.717) is 0 Å². The van der Waals surface area contributed by atoms with Crippen LogP contribution in [-0.4, -0.2) is 12.1 Å². The lowest BCUT2D eigenvalue weighted by Gasteiger charge is -2.09. The van der Waals surface area contributed by atoms with Gasteiger partial charge in [-0.25, -0.2) is 4.98 Å². The van der Waals surface area contributed by atoms with Crippen LogP contribution < -0.4 is 10.1 Å². The number of benzene rings is 2. The minimum atomic E-state index is 0.762. The third-order valence-electron chi connectivity index (χ3n) is 3.17. The fourth-order valence-corrected chi connectivity index (χ4v) is 2.75. The Labute approximate surface area is 128 Å². The van der Waals surface area contributed by atoms with Gasteiger partial charge in [-0.05, 0) is 29.8 Å². The van der Waals surface area contributed by atoms with Crippen LogP contribution in [0.3, 0.4) is 0 Å². The van der Waals surface area contributed by atoms with Gasteiger partial charge in [-0.1, -0.05) is 24.3 Å². The number of ether oxygens (including phenoxy) is 1. The molecular weight excluding hydrogens is 280 g/mol. The maximum absolute atomic E-state index is 5.24. The number of rotatable bonds is 5. The molecule has 0 aliphatic carbocycles. The summed E-state index contributed by atoms with van der Waals surface area (Å²) in [5.41, 5.74) is 3.42. The summed E-state index contributed by atoms with van der Waals surface area (Å²) in [5.74, 6) is 0.880. The van der Waals surface area contributed by atoms with E-state index in [9.17, 15) is 0 Å². The molecule has 3 aromatic rings. The van der Waals surface area contributed by atoms with Crippen molar-refractivity contribution in [3.8, 4) is 16.3 Å². The van der Waals surface area contributed by atoms with Crippen molar-refractivity contribution in [3.63, 3.8) is 0 Å². The van der Waals surface area contributed by atoms with Gasteiger partial charge < -0.3 is 10.1 Å². The van der Waals surface area contributed by atoms with E-state index in [2.05, 4.69) is 34.6 Å². The summed E-state index contributed by atoms with van der Waals surface area (Å²) in [7, 11) is 1.68. The molecular formula is C17H16N2OS. The highest BCUT2D eigenvalue weighted by Gasteiger charge is 2.02. The first-order valence-corrected chi connectivity index (χ1v) is 7.60. The number of thiazole rings is 1. The fraction of sp³-hybridized carbons (Fsp3) is 0.118. The van der Waals surface area contributed by atoms with Crippen LogP contribution in [-0.2, 0) is 6.54 Å². The van der Waals surface area contributed by atoms with Gasteiger partial charge in [0.25, 0.3) is 0 Å². The Morgan fingerprint density at radius 2 is 2.05 bits per heavy atom. The quantitative estimate of drug-likeness (QED) is 0.756. The molecule has 0 spiro atoms. The van der Waals surface area contributed by atoms with Crippen molar-refractivity contribution in [3.05, 3.63) is 65.7 Å². The van der Waals surface area contributed by atoms with Crippen LogP contribution in [0.5, 0.6) is 5.75 Å². The number of anilines is 1. The zero-order chi connectivity index (χ0) is 14.5. The van der Waals surface area contributed by atoms with Crippen LogP contribution in [0.1, 0.15) is 5.56 Å². The molecule has 1 aromatic heterocycles. The molecule has 0 atom stereocenters. The summed E-state index contributed by atoms with van der Waals surface area (Å²) in [6.45, 7) is 0.762. The number of hydrogen-bond donors (Lipinski definition) is 1. The lowest BCUT2D eigenvalue weighted by Crippen LogP contribution is -1.99. The first-order valence-electron chi connectivity index (χ1n) is 6.72. The van der Waals surface area contributed by atoms with E-state index in [1.54, 1.807) is 18.4 Å². The second-order valence-corrected chi connectivity index (χ2v) is 5.52. The zero-order valence-electron chi connectivity index (χ0n) is 11.7. The monoisotopic (exact) mass is 296 g/mol. The summed E-state index contributed by atoms with van der Waals surface area (Å²) in [6, 6.07) is 16.4. The van der Waals surface area contributed by atoms with Crippen molar-refractivity contribution in [1.29, 1.82) is 0 Å². The Hall–Kier alpha value is -2.33. The van der Waals surface area contributed by atoms with Crippen molar-refractivity contribution in [2.45, 2.75) is 6.54 Å². The van der Waals surface area contributed by atoms with Crippen LogP contribution in [0.15, 0.2) is 60.1 Å². The van der Waals surface area contributed by atoms with Crippen molar-refractivity contribution in [2.75, 3.05) is 12.4 Å². The molecule has 2 aromatic carbocycles. The molecule has 0 radical (unpaired) electrons. The van der Waals surface area contributed by atoms with Gasteiger partial charge >= 0.3 is 0 Å². The number of nitrogens with zero attached hydrogens (tertiary/aromatic N) is 1. The maximum atomic E-state index is 5.24. The SMILES string of the molecule is COc1cccc(CNc2cccc(-c3nccs3)c2)c1. The molecule has 3 rings (SSSR count). The summed E-state index contributed by atoms with van der Waals surface area (Å²) in [5, 5.41) is 6.47. The second-order valence-electron chi connectivity index (χ2n) is 4.62. The first-order chi connectivity index (χ1) is 10.3. The molecule has 0 aliphatic heterocycles. The van der Waals surface area contributed by atoms with Crippen molar-refractivity contribution < 1.29 is 4.74 Å². The molecule has 0 aliphatic rings. The summed E-state index contributed by atoms with van der Waals surface area (Å²) < 4.78 is 5.24. The van der Waals surface area contributed by atoms with Crippen molar-refractivity contribution >= 4 is 17.0 Å². The van der Waals surface area contributed by atoms with Crippen LogP contribution >= 0.6 is 11.3 Å². The average Bonchev–Trinajstić information content (AvgIpc) is 3.08. The van der Waals surface area contributed by atoms with E-state index in [1.807, 2.05) is 35.8 Å². The van der Waals surface area contributed by atoms with E-state index < -0.39 is 0 Å². The Kier molecular flexibility index (Phi) is 4.17. The lowest BCUT2D eigenvalue weighted by atomic mass is 10.2. The molecule has 0 bridgehead atoms.